The number of aliphatic hydroxyl groups excluding tert-OH is 1. The first-order valence-corrected chi connectivity index (χ1v) is 5.83. The summed E-state index contributed by atoms with van der Waals surface area (Å²) in [6.45, 7) is 6.74. The quantitative estimate of drug-likeness (QED) is 0.543. The van der Waals surface area contributed by atoms with Gasteiger partial charge in [-0.2, -0.15) is 0 Å². The van der Waals surface area contributed by atoms with Gasteiger partial charge in [0.25, 0.3) is 0 Å². The van der Waals surface area contributed by atoms with Gasteiger partial charge in [-0.25, -0.2) is 0 Å². The van der Waals surface area contributed by atoms with Crippen molar-refractivity contribution in [2.24, 2.45) is 17.3 Å². The van der Waals surface area contributed by atoms with Crippen LogP contribution in [0, 0.1) is 17.3 Å². The molecule has 88 valence electrons. The van der Waals surface area contributed by atoms with E-state index in [0.717, 1.165) is 19.3 Å². The van der Waals surface area contributed by atoms with E-state index >= 15 is 0 Å². The molecule has 1 rings (SSSR count). The van der Waals surface area contributed by atoms with E-state index in [1.54, 1.807) is 0 Å². The molecular formula is C12H22O3. The van der Waals surface area contributed by atoms with Crippen LogP contribution in [-0.4, -0.2) is 24.3 Å². The lowest BCUT2D eigenvalue weighted by molar-refractivity contribution is -0.146. The first-order chi connectivity index (χ1) is 7.05. The number of hydrogen-bond acceptors (Lipinski definition) is 3. The molecule has 3 nitrogen and oxygen atoms in total. The van der Waals surface area contributed by atoms with Gasteiger partial charge < -0.3 is 9.84 Å². The summed E-state index contributed by atoms with van der Waals surface area (Å²) >= 11 is 0. The van der Waals surface area contributed by atoms with Crippen LogP contribution in [0.15, 0.2) is 0 Å². The number of aliphatic hydroxyl groups is 1. The zero-order chi connectivity index (χ0) is 11.5. The van der Waals surface area contributed by atoms with E-state index in [4.69, 9.17) is 9.84 Å². The molecular weight excluding hydrogens is 192 g/mol. The zero-order valence-electron chi connectivity index (χ0n) is 9.95. The Hall–Kier alpha value is -0.570. The number of ether oxygens (including phenoxy) is 1. The molecule has 0 aromatic carbocycles. The van der Waals surface area contributed by atoms with Crippen molar-refractivity contribution >= 4 is 5.97 Å². The van der Waals surface area contributed by atoms with Gasteiger partial charge in [0.2, 0.25) is 0 Å². The predicted molar refractivity (Wildman–Crippen MR) is 58.3 cm³/mol. The van der Waals surface area contributed by atoms with Crippen molar-refractivity contribution in [3.8, 4) is 0 Å². The molecule has 0 radical (unpaired) electrons. The molecule has 2 unspecified atom stereocenters. The van der Waals surface area contributed by atoms with Gasteiger partial charge in [-0.1, -0.05) is 33.6 Å². The summed E-state index contributed by atoms with van der Waals surface area (Å²) in [5, 5.41) is 9.06. The number of hydrogen-bond donors (Lipinski definition) is 1. The normalized spacial score (nSPS) is 27.5. The molecule has 0 aromatic heterocycles. The van der Waals surface area contributed by atoms with Gasteiger partial charge in [0.15, 0.2) is 0 Å². The van der Waals surface area contributed by atoms with E-state index in [1.165, 1.54) is 0 Å². The number of esters is 1. The first-order valence-electron chi connectivity index (χ1n) is 5.83. The van der Waals surface area contributed by atoms with E-state index in [2.05, 4.69) is 6.92 Å². The van der Waals surface area contributed by atoms with Gasteiger partial charge in [0.05, 0.1) is 12.5 Å². The monoisotopic (exact) mass is 214 g/mol. The topological polar surface area (TPSA) is 46.5 Å². The van der Waals surface area contributed by atoms with Crippen molar-refractivity contribution in [2.45, 2.75) is 40.0 Å². The molecule has 0 aliphatic heterocycles. The second-order valence-electron chi connectivity index (χ2n) is 4.96. The molecule has 0 heterocycles. The van der Waals surface area contributed by atoms with Crippen molar-refractivity contribution in [1.29, 1.82) is 0 Å². The standard InChI is InChI=1S/C12H22O3/c1-4-5-6-7-15-11(14)10-9(8-13)12(10,2)3/h9-10,13H,4-8H2,1-3H3. The zero-order valence-corrected chi connectivity index (χ0v) is 9.95. The smallest absolute Gasteiger partial charge is 0.309 e. The summed E-state index contributed by atoms with van der Waals surface area (Å²) in [5.41, 5.74) is -0.0728. The van der Waals surface area contributed by atoms with Crippen molar-refractivity contribution in [2.75, 3.05) is 13.2 Å². The van der Waals surface area contributed by atoms with Crippen molar-refractivity contribution in [1.82, 2.24) is 0 Å². The molecule has 1 fully saturated rings. The third-order valence-electron chi connectivity index (χ3n) is 3.49. The third-order valence-corrected chi connectivity index (χ3v) is 3.49. The van der Waals surface area contributed by atoms with Crippen LogP contribution in [0.5, 0.6) is 0 Å². The summed E-state index contributed by atoms with van der Waals surface area (Å²) < 4.78 is 5.19. The molecule has 1 aliphatic carbocycles. The fourth-order valence-electron chi connectivity index (χ4n) is 2.17. The molecule has 0 aromatic rings. The summed E-state index contributed by atoms with van der Waals surface area (Å²) in [6, 6.07) is 0. The van der Waals surface area contributed by atoms with E-state index < -0.39 is 0 Å². The lowest BCUT2D eigenvalue weighted by Gasteiger charge is -2.04. The van der Waals surface area contributed by atoms with Gasteiger partial charge >= 0.3 is 5.97 Å². The largest absolute Gasteiger partial charge is 0.465 e. The molecule has 3 heteroatoms. The maximum absolute atomic E-state index is 11.6. The van der Waals surface area contributed by atoms with Gasteiger partial charge in [-0.15, -0.1) is 0 Å². The van der Waals surface area contributed by atoms with Crippen LogP contribution < -0.4 is 0 Å². The van der Waals surface area contributed by atoms with Crippen molar-refractivity contribution in [3.05, 3.63) is 0 Å². The van der Waals surface area contributed by atoms with Crippen LogP contribution >= 0.6 is 0 Å². The Bertz CT molecular complexity index is 223. The fourth-order valence-corrected chi connectivity index (χ4v) is 2.17. The highest BCUT2D eigenvalue weighted by atomic mass is 16.5. The van der Waals surface area contributed by atoms with E-state index in [0.29, 0.717) is 6.61 Å². The summed E-state index contributed by atoms with van der Waals surface area (Å²) in [5.74, 6) is -0.129. The fraction of sp³-hybridized carbons (Fsp3) is 0.917. The highest BCUT2D eigenvalue weighted by Gasteiger charge is 2.62. The highest BCUT2D eigenvalue weighted by Crippen LogP contribution is 2.58. The first kappa shape index (κ1) is 12.5. The predicted octanol–water partition coefficient (Wildman–Crippen LogP) is 1.98. The van der Waals surface area contributed by atoms with Crippen molar-refractivity contribution < 1.29 is 14.6 Å². The number of carbonyl (C=O) groups is 1. The lowest BCUT2D eigenvalue weighted by atomic mass is 10.1. The summed E-state index contributed by atoms with van der Waals surface area (Å²) in [7, 11) is 0. The van der Waals surface area contributed by atoms with Crippen molar-refractivity contribution in [3.63, 3.8) is 0 Å². The molecule has 0 spiro atoms. The van der Waals surface area contributed by atoms with E-state index in [-0.39, 0.29) is 29.8 Å². The Morgan fingerprint density at radius 3 is 2.53 bits per heavy atom. The lowest BCUT2D eigenvalue weighted by Crippen LogP contribution is -2.11. The van der Waals surface area contributed by atoms with Gasteiger partial charge in [0.1, 0.15) is 0 Å². The van der Waals surface area contributed by atoms with Crippen LogP contribution in [-0.2, 0) is 9.53 Å². The van der Waals surface area contributed by atoms with E-state index in [1.807, 2.05) is 13.8 Å². The Morgan fingerprint density at radius 2 is 2.07 bits per heavy atom. The minimum absolute atomic E-state index is 0.0728. The second-order valence-corrected chi connectivity index (χ2v) is 4.96. The maximum atomic E-state index is 11.6. The molecule has 15 heavy (non-hydrogen) atoms. The molecule has 0 saturated heterocycles. The summed E-state index contributed by atoms with van der Waals surface area (Å²) in [4.78, 5) is 11.6. The average Bonchev–Trinajstić information content (AvgIpc) is 2.75. The Balaban J connectivity index is 2.25. The second kappa shape index (κ2) is 4.97. The third kappa shape index (κ3) is 2.71. The Kier molecular flexibility index (Phi) is 4.14. The molecule has 0 bridgehead atoms. The molecule has 2 atom stereocenters. The van der Waals surface area contributed by atoms with Crippen LogP contribution in [0.1, 0.15) is 40.0 Å². The van der Waals surface area contributed by atoms with Gasteiger partial charge in [-0.05, 0) is 11.8 Å². The van der Waals surface area contributed by atoms with Crippen LogP contribution in [0.2, 0.25) is 0 Å². The summed E-state index contributed by atoms with van der Waals surface area (Å²) in [6.07, 6.45) is 3.18. The number of carbonyl (C=O) groups excluding carboxylic acids is 1. The van der Waals surface area contributed by atoms with Gasteiger partial charge in [0, 0.05) is 12.5 Å². The number of unbranched alkanes of at least 4 members (excludes halogenated alkanes) is 2. The van der Waals surface area contributed by atoms with Gasteiger partial charge in [-0.3, -0.25) is 4.79 Å². The molecule has 1 saturated carbocycles. The molecule has 1 aliphatic rings. The average molecular weight is 214 g/mol. The van der Waals surface area contributed by atoms with Crippen LogP contribution in [0.3, 0.4) is 0 Å². The Morgan fingerprint density at radius 1 is 1.40 bits per heavy atom. The maximum Gasteiger partial charge on any atom is 0.309 e. The minimum atomic E-state index is -0.129. The Labute approximate surface area is 91.8 Å². The van der Waals surface area contributed by atoms with Crippen LogP contribution in [0.4, 0.5) is 0 Å². The highest BCUT2D eigenvalue weighted by molar-refractivity contribution is 5.77. The number of rotatable bonds is 6. The van der Waals surface area contributed by atoms with E-state index in [9.17, 15) is 4.79 Å². The molecule has 0 amide bonds. The van der Waals surface area contributed by atoms with Crippen LogP contribution in [0.25, 0.3) is 0 Å². The molecule has 1 N–H and O–H groups in total. The SMILES string of the molecule is CCCCCOC(=O)C1C(CO)C1(C)C. The minimum Gasteiger partial charge on any atom is -0.465 e.